The molecule has 8 heteroatoms. The third-order valence-corrected chi connectivity index (χ3v) is 13.6. The molecule has 0 aromatic carbocycles. The maximum absolute atomic E-state index is 14.0. The Kier molecular flexibility index (Phi) is 41.4. The normalized spacial score (nSPS) is 19.0. The lowest BCUT2D eigenvalue weighted by Gasteiger charge is -2.47. The van der Waals surface area contributed by atoms with E-state index in [9.17, 15) is 24.9 Å². The van der Waals surface area contributed by atoms with E-state index in [1.54, 1.807) is 4.90 Å². The molecule has 1 rings (SSSR count). The number of aliphatic hydroxyl groups is 3. The number of amides is 2. The van der Waals surface area contributed by atoms with Gasteiger partial charge in [0.1, 0.15) is 24.4 Å². The van der Waals surface area contributed by atoms with Crippen molar-refractivity contribution in [3.05, 3.63) is 0 Å². The van der Waals surface area contributed by atoms with E-state index in [2.05, 4.69) is 26.1 Å². The van der Waals surface area contributed by atoms with Gasteiger partial charge in [0.05, 0.1) is 6.61 Å². The van der Waals surface area contributed by atoms with Crippen molar-refractivity contribution in [2.45, 2.75) is 321 Å². The maximum Gasteiger partial charge on any atom is 0.224 e. The Morgan fingerprint density at radius 3 is 1.08 bits per heavy atom. The van der Waals surface area contributed by atoms with Crippen LogP contribution in [-0.2, 0) is 14.3 Å². The second kappa shape index (κ2) is 43.7. The number of aliphatic hydroxyl groups excluding tert-OH is 3. The molecule has 0 radical (unpaired) electrons. The fraction of sp³-hybridized carbons (Fsp3) is 0.963. The number of hydrogen-bond acceptors (Lipinski definition) is 6. The van der Waals surface area contributed by atoms with Gasteiger partial charge in [0, 0.05) is 19.4 Å². The highest BCUT2D eigenvalue weighted by Gasteiger charge is 2.48. The van der Waals surface area contributed by atoms with Gasteiger partial charge in [0.2, 0.25) is 11.8 Å². The molecular formula is C54H106N2O6. The van der Waals surface area contributed by atoms with E-state index in [0.29, 0.717) is 19.4 Å². The summed E-state index contributed by atoms with van der Waals surface area (Å²) in [5, 5.41) is 35.4. The minimum atomic E-state index is -1.36. The van der Waals surface area contributed by atoms with E-state index in [1.807, 2.05) is 0 Å². The number of carbonyl (C=O) groups excluding carboxylic acids is 2. The summed E-state index contributed by atoms with van der Waals surface area (Å²) >= 11 is 0. The van der Waals surface area contributed by atoms with Crippen LogP contribution >= 0.6 is 0 Å². The fourth-order valence-electron chi connectivity index (χ4n) is 9.39. The smallest absolute Gasteiger partial charge is 0.224 e. The Morgan fingerprint density at radius 2 is 0.742 bits per heavy atom. The molecule has 0 unspecified atom stereocenters. The number of hydrogen-bond donors (Lipinski definition) is 4. The van der Waals surface area contributed by atoms with Crippen LogP contribution in [0.5, 0.6) is 0 Å². The lowest BCUT2D eigenvalue weighted by atomic mass is 9.94. The van der Waals surface area contributed by atoms with Crippen LogP contribution in [0.1, 0.15) is 290 Å². The molecule has 1 aliphatic heterocycles. The van der Waals surface area contributed by atoms with Crippen molar-refractivity contribution in [1.29, 1.82) is 0 Å². The SMILES string of the molecule is CCCCCCCCCCCCCCCCCC(=O)N[C@H]1[C@@H](O)[C@H](O)[C@@H](CO)O[C@H]1N(CCCCCCCCCCCC)C(=O)CCCCCCCCCCCCCCCCC. The maximum atomic E-state index is 14.0. The standard InChI is InChI=1S/C54H106N2O6/c1-4-7-10-13-16-19-22-24-26-28-30-32-35-38-41-44-49(58)55-51-53(61)52(60)48(47-57)62-54(51)56(46-43-40-37-34-21-18-15-12-9-6-3)50(59)45-42-39-36-33-31-29-27-25-23-20-17-14-11-8-5-2/h48,51-54,57,60-61H,4-47H2,1-3H3,(H,55,58)/t48-,51+,52-,53-,54-/m1/s1. The predicted molar refractivity (Wildman–Crippen MR) is 262 cm³/mol. The molecule has 0 bridgehead atoms. The van der Waals surface area contributed by atoms with Crippen molar-refractivity contribution in [2.75, 3.05) is 13.2 Å². The third-order valence-electron chi connectivity index (χ3n) is 13.6. The van der Waals surface area contributed by atoms with E-state index in [4.69, 9.17) is 4.74 Å². The monoisotopic (exact) mass is 879 g/mol. The van der Waals surface area contributed by atoms with Crippen molar-refractivity contribution >= 4 is 11.8 Å². The zero-order valence-corrected chi connectivity index (χ0v) is 41.5. The molecule has 2 amide bonds. The molecule has 0 spiro atoms. The molecule has 5 atom stereocenters. The predicted octanol–water partition coefficient (Wildman–Crippen LogP) is 14.2. The molecule has 1 heterocycles. The third kappa shape index (κ3) is 31.6. The summed E-state index contributed by atoms with van der Waals surface area (Å²) in [5.74, 6) is -0.233. The van der Waals surface area contributed by atoms with Gasteiger partial charge >= 0.3 is 0 Å². The lowest BCUT2D eigenvalue weighted by molar-refractivity contribution is -0.231. The average Bonchev–Trinajstić information content (AvgIpc) is 3.27. The molecule has 62 heavy (non-hydrogen) atoms. The van der Waals surface area contributed by atoms with Gasteiger partial charge in [-0.05, 0) is 19.3 Å². The van der Waals surface area contributed by atoms with Gasteiger partial charge in [-0.15, -0.1) is 0 Å². The highest BCUT2D eigenvalue weighted by Crippen LogP contribution is 2.26. The largest absolute Gasteiger partial charge is 0.394 e. The Hall–Kier alpha value is -1.22. The van der Waals surface area contributed by atoms with Crippen LogP contribution in [0.2, 0.25) is 0 Å². The van der Waals surface area contributed by atoms with Gasteiger partial charge in [-0.1, -0.05) is 258 Å². The highest BCUT2D eigenvalue weighted by molar-refractivity contribution is 5.78. The van der Waals surface area contributed by atoms with Crippen LogP contribution in [0.4, 0.5) is 0 Å². The van der Waals surface area contributed by atoms with Crippen molar-refractivity contribution in [1.82, 2.24) is 10.2 Å². The summed E-state index contributed by atoms with van der Waals surface area (Å²) in [7, 11) is 0. The molecule has 1 saturated heterocycles. The summed E-state index contributed by atoms with van der Waals surface area (Å²) in [5.41, 5.74) is 0. The molecule has 0 aliphatic carbocycles. The van der Waals surface area contributed by atoms with Crippen molar-refractivity contribution in [2.24, 2.45) is 0 Å². The first-order valence-corrected chi connectivity index (χ1v) is 27.6. The van der Waals surface area contributed by atoms with Crippen LogP contribution in [0, 0.1) is 0 Å². The van der Waals surface area contributed by atoms with Crippen LogP contribution in [0.25, 0.3) is 0 Å². The topological polar surface area (TPSA) is 119 Å². The Morgan fingerprint density at radius 1 is 0.435 bits per heavy atom. The Bertz CT molecular complexity index is 983. The minimum absolute atomic E-state index is 0.0393. The molecule has 1 aliphatic rings. The number of ether oxygens (including phenoxy) is 1. The van der Waals surface area contributed by atoms with Crippen LogP contribution < -0.4 is 5.32 Å². The van der Waals surface area contributed by atoms with Gasteiger partial charge in [-0.3, -0.25) is 9.59 Å². The second-order valence-corrected chi connectivity index (χ2v) is 19.5. The van der Waals surface area contributed by atoms with Gasteiger partial charge in [0.25, 0.3) is 0 Å². The Labute approximate surface area is 384 Å². The molecule has 4 N–H and O–H groups in total. The summed E-state index contributed by atoms with van der Waals surface area (Å²) in [6.07, 6.45) is 45.7. The fourth-order valence-corrected chi connectivity index (χ4v) is 9.39. The number of nitrogens with zero attached hydrogens (tertiary/aromatic N) is 1. The number of nitrogens with one attached hydrogen (secondary N) is 1. The van der Waals surface area contributed by atoms with E-state index in [1.165, 1.54) is 199 Å². The quantitative estimate of drug-likeness (QED) is 0.0452. The van der Waals surface area contributed by atoms with Crippen LogP contribution in [0.15, 0.2) is 0 Å². The summed E-state index contributed by atoms with van der Waals surface area (Å²) in [6.45, 7) is 6.78. The van der Waals surface area contributed by atoms with E-state index in [0.717, 1.165) is 57.8 Å². The summed E-state index contributed by atoms with van der Waals surface area (Å²) < 4.78 is 6.25. The van der Waals surface area contributed by atoms with Crippen molar-refractivity contribution in [3.8, 4) is 0 Å². The van der Waals surface area contributed by atoms with E-state index in [-0.39, 0.29) is 11.8 Å². The van der Waals surface area contributed by atoms with Crippen LogP contribution in [-0.4, -0.2) is 75.8 Å². The molecule has 8 nitrogen and oxygen atoms in total. The summed E-state index contributed by atoms with van der Waals surface area (Å²) in [6, 6.07) is -0.968. The van der Waals surface area contributed by atoms with Gasteiger partial charge in [-0.2, -0.15) is 0 Å². The zero-order chi connectivity index (χ0) is 45.1. The molecule has 0 saturated carbocycles. The van der Waals surface area contributed by atoms with Gasteiger partial charge in [0.15, 0.2) is 6.23 Å². The number of carbonyl (C=O) groups is 2. The van der Waals surface area contributed by atoms with E-state index >= 15 is 0 Å². The lowest BCUT2D eigenvalue weighted by Crippen LogP contribution is -2.68. The molecule has 1 fully saturated rings. The van der Waals surface area contributed by atoms with E-state index < -0.39 is 37.2 Å². The summed E-state index contributed by atoms with van der Waals surface area (Å²) in [4.78, 5) is 29.1. The first-order valence-electron chi connectivity index (χ1n) is 27.6. The highest BCUT2D eigenvalue weighted by atomic mass is 16.5. The molecule has 368 valence electrons. The number of rotatable bonds is 46. The average molecular weight is 879 g/mol. The van der Waals surface area contributed by atoms with Crippen molar-refractivity contribution in [3.63, 3.8) is 0 Å². The Balaban J connectivity index is 2.62. The van der Waals surface area contributed by atoms with Gasteiger partial charge in [-0.25, -0.2) is 0 Å². The first kappa shape index (κ1) is 58.8. The molecular weight excluding hydrogens is 773 g/mol. The number of unbranched alkanes of at least 4 members (excludes halogenated alkanes) is 37. The minimum Gasteiger partial charge on any atom is -0.394 e. The molecule has 0 aromatic heterocycles. The second-order valence-electron chi connectivity index (χ2n) is 19.5. The van der Waals surface area contributed by atoms with Crippen LogP contribution in [0.3, 0.4) is 0 Å². The zero-order valence-electron chi connectivity index (χ0n) is 41.5. The first-order chi connectivity index (χ1) is 30.4. The van der Waals surface area contributed by atoms with Crippen molar-refractivity contribution < 1.29 is 29.6 Å². The molecule has 0 aromatic rings. The van der Waals surface area contributed by atoms with Gasteiger partial charge < -0.3 is 30.3 Å².